The lowest BCUT2D eigenvalue weighted by Crippen LogP contribution is -2.32. The van der Waals surface area contributed by atoms with E-state index in [1.807, 2.05) is 30.3 Å². The summed E-state index contributed by atoms with van der Waals surface area (Å²) >= 11 is 0. The van der Waals surface area contributed by atoms with Crippen molar-refractivity contribution in [2.24, 2.45) is 16.5 Å². The molecule has 0 spiro atoms. The number of nitrogens with zero attached hydrogens (tertiary/aromatic N) is 2. The van der Waals surface area contributed by atoms with E-state index in [4.69, 9.17) is 25.9 Å². The smallest absolute Gasteiger partial charge is 0.291 e. The van der Waals surface area contributed by atoms with Crippen LogP contribution < -0.4 is 11.5 Å². The minimum Gasteiger partial charge on any atom is -0.370 e. The number of benzene rings is 1. The van der Waals surface area contributed by atoms with Crippen LogP contribution >= 0.6 is 8.53 Å². The second-order valence-electron chi connectivity index (χ2n) is 3.82. The first-order valence-corrected chi connectivity index (χ1v) is 7.09. The molecule has 0 aliphatic carbocycles. The van der Waals surface area contributed by atoms with Crippen LogP contribution in [0.15, 0.2) is 35.3 Å². The minimum absolute atomic E-state index is 0.0734. The van der Waals surface area contributed by atoms with Crippen molar-refractivity contribution in [2.45, 2.75) is 6.42 Å². The van der Waals surface area contributed by atoms with Gasteiger partial charge in [-0.1, -0.05) is 30.3 Å². The fourth-order valence-electron chi connectivity index (χ4n) is 1.60. The average Bonchev–Trinajstić information content (AvgIpc) is 2.43. The fourth-order valence-corrected chi connectivity index (χ4v) is 2.60. The maximum absolute atomic E-state index is 7.91. The molecule has 5 N–H and O–H groups in total. The van der Waals surface area contributed by atoms with Crippen LogP contribution in [-0.2, 0) is 15.5 Å². The second kappa shape index (κ2) is 8.47. The molecule has 0 radical (unpaired) electrons. The van der Waals surface area contributed by atoms with E-state index >= 15 is 0 Å². The molecule has 1 aromatic rings. The number of nitrogens with two attached hydrogens (primary N) is 2. The molecule has 8 heteroatoms. The Labute approximate surface area is 120 Å². The molecule has 0 unspecified atom stereocenters. The number of rotatable bonds is 6. The molecule has 0 aliphatic rings. The van der Waals surface area contributed by atoms with E-state index < -0.39 is 8.53 Å². The van der Waals surface area contributed by atoms with Gasteiger partial charge in [0.15, 0.2) is 5.96 Å². The Hall–Kier alpha value is -1.69. The van der Waals surface area contributed by atoms with Crippen LogP contribution in [0.5, 0.6) is 0 Å². The van der Waals surface area contributed by atoms with E-state index in [0.717, 1.165) is 12.0 Å². The maximum atomic E-state index is 7.91. The topological polar surface area (TPSA) is 110 Å². The highest BCUT2D eigenvalue weighted by molar-refractivity contribution is 7.45. The van der Waals surface area contributed by atoms with Crippen LogP contribution in [-0.4, -0.2) is 37.4 Å². The Morgan fingerprint density at radius 2 is 1.85 bits per heavy atom. The molecular weight excluding hydrogens is 277 g/mol. The third-order valence-electron chi connectivity index (χ3n) is 2.44. The van der Waals surface area contributed by atoms with Gasteiger partial charge in [0.1, 0.15) is 0 Å². The van der Waals surface area contributed by atoms with Gasteiger partial charge in [0.05, 0.1) is 0 Å². The van der Waals surface area contributed by atoms with E-state index in [1.165, 1.54) is 14.2 Å². The molecule has 20 heavy (non-hydrogen) atoms. The van der Waals surface area contributed by atoms with Crippen molar-refractivity contribution in [1.29, 1.82) is 5.41 Å². The monoisotopic (exact) mass is 297 g/mol. The van der Waals surface area contributed by atoms with Gasteiger partial charge < -0.3 is 20.5 Å². The SMILES string of the molecule is COP(OC)N(CCc1ccccc1)C(=N)N=C(N)N. The van der Waals surface area contributed by atoms with Gasteiger partial charge in [-0.2, -0.15) is 4.99 Å². The average molecular weight is 297 g/mol. The van der Waals surface area contributed by atoms with E-state index in [1.54, 1.807) is 4.67 Å². The zero-order chi connectivity index (χ0) is 15.0. The Kier molecular flexibility index (Phi) is 6.93. The lowest BCUT2D eigenvalue weighted by Gasteiger charge is -2.27. The summed E-state index contributed by atoms with van der Waals surface area (Å²) in [6.07, 6.45) is 0.731. The van der Waals surface area contributed by atoms with Crippen LogP contribution in [0.3, 0.4) is 0 Å². The molecule has 7 nitrogen and oxygen atoms in total. The lowest BCUT2D eigenvalue weighted by atomic mass is 10.1. The molecule has 0 aliphatic heterocycles. The standard InChI is InChI=1S/C12H20N5O2P/c1-18-20(19-2)17(12(15)16-11(13)14)9-8-10-6-4-3-5-7-10/h3-7H,8-9H2,1-2H3,(H5,13,14,15,16). The predicted molar refractivity (Wildman–Crippen MR) is 81.3 cm³/mol. The molecule has 0 saturated heterocycles. The molecule has 0 atom stereocenters. The zero-order valence-electron chi connectivity index (χ0n) is 11.6. The zero-order valence-corrected chi connectivity index (χ0v) is 12.5. The molecule has 1 aromatic carbocycles. The first-order chi connectivity index (χ1) is 9.58. The molecule has 1 rings (SSSR count). The Balaban J connectivity index is 2.77. The normalized spacial score (nSPS) is 10.3. The van der Waals surface area contributed by atoms with Crippen molar-refractivity contribution in [3.63, 3.8) is 0 Å². The van der Waals surface area contributed by atoms with Gasteiger partial charge in [0.25, 0.3) is 8.53 Å². The van der Waals surface area contributed by atoms with Crippen LogP contribution in [0.4, 0.5) is 0 Å². The molecule has 0 amide bonds. The Bertz CT molecular complexity index is 446. The van der Waals surface area contributed by atoms with Gasteiger partial charge in [-0.05, 0) is 12.0 Å². The largest absolute Gasteiger partial charge is 0.370 e. The fraction of sp³-hybridized carbons (Fsp3) is 0.333. The molecule has 0 bridgehead atoms. The molecule has 110 valence electrons. The summed E-state index contributed by atoms with van der Waals surface area (Å²) in [4.78, 5) is 3.74. The summed E-state index contributed by atoms with van der Waals surface area (Å²) in [6.45, 7) is 0.521. The Morgan fingerprint density at radius 1 is 1.25 bits per heavy atom. The second-order valence-corrected chi connectivity index (χ2v) is 5.51. The van der Waals surface area contributed by atoms with E-state index in [-0.39, 0.29) is 11.9 Å². The Morgan fingerprint density at radius 3 is 2.35 bits per heavy atom. The van der Waals surface area contributed by atoms with Crippen molar-refractivity contribution in [3.05, 3.63) is 35.9 Å². The highest BCUT2D eigenvalue weighted by Gasteiger charge is 2.22. The number of guanidine groups is 2. The van der Waals surface area contributed by atoms with Gasteiger partial charge in [0, 0.05) is 20.8 Å². The highest BCUT2D eigenvalue weighted by Crippen LogP contribution is 2.41. The molecular formula is C12H20N5O2P. The summed E-state index contributed by atoms with van der Waals surface area (Å²) in [5, 5.41) is 7.91. The number of hydrogen-bond donors (Lipinski definition) is 3. The first kappa shape index (κ1) is 16.4. The van der Waals surface area contributed by atoms with Gasteiger partial charge in [-0.3, -0.25) is 10.1 Å². The van der Waals surface area contributed by atoms with Crippen LogP contribution in [0.25, 0.3) is 0 Å². The van der Waals surface area contributed by atoms with E-state index in [0.29, 0.717) is 6.54 Å². The van der Waals surface area contributed by atoms with Crippen molar-refractivity contribution in [2.75, 3.05) is 20.8 Å². The van der Waals surface area contributed by atoms with Crippen molar-refractivity contribution < 1.29 is 9.05 Å². The van der Waals surface area contributed by atoms with Crippen molar-refractivity contribution >= 4 is 20.4 Å². The summed E-state index contributed by atoms with van der Waals surface area (Å²) in [6, 6.07) is 9.93. The molecule has 0 fully saturated rings. The van der Waals surface area contributed by atoms with Gasteiger partial charge >= 0.3 is 0 Å². The number of nitrogens with one attached hydrogen (secondary N) is 1. The minimum atomic E-state index is -1.40. The highest BCUT2D eigenvalue weighted by atomic mass is 31.2. The summed E-state index contributed by atoms with van der Waals surface area (Å²) < 4.78 is 12.1. The number of hydrogen-bond acceptors (Lipinski definition) is 3. The van der Waals surface area contributed by atoms with E-state index in [9.17, 15) is 0 Å². The first-order valence-electron chi connectivity index (χ1n) is 5.96. The predicted octanol–water partition coefficient (Wildman–Crippen LogP) is 1.26. The summed E-state index contributed by atoms with van der Waals surface area (Å²) in [7, 11) is 1.65. The van der Waals surface area contributed by atoms with Gasteiger partial charge in [0.2, 0.25) is 5.96 Å². The summed E-state index contributed by atoms with van der Waals surface area (Å²) in [5.41, 5.74) is 11.8. The molecule has 0 saturated carbocycles. The summed E-state index contributed by atoms with van der Waals surface area (Å²) in [5.74, 6) is -0.238. The van der Waals surface area contributed by atoms with Crippen LogP contribution in [0, 0.1) is 5.41 Å². The van der Waals surface area contributed by atoms with Crippen LogP contribution in [0.1, 0.15) is 5.56 Å². The van der Waals surface area contributed by atoms with Gasteiger partial charge in [-0.15, -0.1) is 0 Å². The van der Waals surface area contributed by atoms with E-state index in [2.05, 4.69) is 4.99 Å². The molecule has 0 aromatic heterocycles. The third kappa shape index (κ3) is 5.13. The molecule has 0 heterocycles. The van der Waals surface area contributed by atoms with Crippen molar-refractivity contribution in [3.8, 4) is 0 Å². The number of aliphatic imine (C=N–C) groups is 1. The van der Waals surface area contributed by atoms with Crippen molar-refractivity contribution in [1.82, 2.24) is 4.67 Å². The quantitative estimate of drug-likeness (QED) is 0.416. The third-order valence-corrected chi connectivity index (χ3v) is 3.85. The lowest BCUT2D eigenvalue weighted by molar-refractivity contribution is 0.301. The maximum Gasteiger partial charge on any atom is 0.291 e. The van der Waals surface area contributed by atoms with Crippen LogP contribution in [0.2, 0.25) is 0 Å². The van der Waals surface area contributed by atoms with Gasteiger partial charge in [-0.25, -0.2) is 0 Å².